The lowest BCUT2D eigenvalue weighted by atomic mass is 10.1. The highest BCUT2D eigenvalue weighted by Crippen LogP contribution is 2.07. The zero-order valence-corrected chi connectivity index (χ0v) is 11.5. The van der Waals surface area contributed by atoms with Crippen LogP contribution < -0.4 is 5.32 Å². The van der Waals surface area contributed by atoms with Crippen molar-refractivity contribution in [3.63, 3.8) is 0 Å². The van der Waals surface area contributed by atoms with E-state index in [0.717, 1.165) is 32.5 Å². The van der Waals surface area contributed by atoms with Crippen molar-refractivity contribution < 1.29 is 9.53 Å². The van der Waals surface area contributed by atoms with Crippen molar-refractivity contribution in [3.05, 3.63) is 35.4 Å². The first kappa shape index (κ1) is 14.0. The fourth-order valence-corrected chi connectivity index (χ4v) is 2.31. The van der Waals surface area contributed by atoms with E-state index in [2.05, 4.69) is 29.6 Å². The van der Waals surface area contributed by atoms with Gasteiger partial charge in [-0.05, 0) is 24.0 Å². The lowest BCUT2D eigenvalue weighted by Gasteiger charge is -2.15. The number of nitrogens with zero attached hydrogens (tertiary/aromatic N) is 1. The average molecular weight is 262 g/mol. The van der Waals surface area contributed by atoms with Gasteiger partial charge in [-0.3, -0.25) is 4.79 Å². The number of nitrogens with one attached hydrogen (secondary N) is 1. The third-order valence-corrected chi connectivity index (χ3v) is 3.40. The number of methoxy groups -OCH3 is 1. The Labute approximate surface area is 114 Å². The molecule has 0 aliphatic carbocycles. The molecule has 0 radical (unpaired) electrons. The molecule has 0 saturated carbocycles. The predicted octanol–water partition coefficient (Wildman–Crippen LogP) is 1.54. The van der Waals surface area contributed by atoms with Crippen LogP contribution in [0.3, 0.4) is 0 Å². The largest absolute Gasteiger partial charge is 0.380 e. The summed E-state index contributed by atoms with van der Waals surface area (Å²) in [7, 11) is 1.69. The van der Waals surface area contributed by atoms with Gasteiger partial charge in [-0.25, -0.2) is 0 Å². The van der Waals surface area contributed by atoms with Gasteiger partial charge in [-0.15, -0.1) is 0 Å². The first-order valence-electron chi connectivity index (χ1n) is 6.85. The van der Waals surface area contributed by atoms with Gasteiger partial charge in [0.2, 0.25) is 5.91 Å². The summed E-state index contributed by atoms with van der Waals surface area (Å²) >= 11 is 0. The van der Waals surface area contributed by atoms with Crippen LogP contribution in [-0.4, -0.2) is 37.6 Å². The molecule has 4 nitrogen and oxygen atoms in total. The van der Waals surface area contributed by atoms with Gasteiger partial charge in [0.1, 0.15) is 0 Å². The molecule has 0 spiro atoms. The number of rotatable bonds is 6. The Hall–Kier alpha value is -1.39. The number of benzene rings is 1. The van der Waals surface area contributed by atoms with Crippen molar-refractivity contribution in [1.29, 1.82) is 0 Å². The van der Waals surface area contributed by atoms with E-state index in [9.17, 15) is 4.79 Å². The molecule has 1 aromatic carbocycles. The zero-order chi connectivity index (χ0) is 13.5. The van der Waals surface area contributed by atoms with Gasteiger partial charge >= 0.3 is 0 Å². The van der Waals surface area contributed by atoms with Crippen LogP contribution in [0.25, 0.3) is 0 Å². The van der Waals surface area contributed by atoms with Gasteiger partial charge in [0.25, 0.3) is 0 Å². The molecule has 0 bridgehead atoms. The normalized spacial score (nSPS) is 14.9. The molecule has 1 amide bonds. The van der Waals surface area contributed by atoms with E-state index in [-0.39, 0.29) is 5.91 Å². The molecule has 0 aromatic heterocycles. The van der Waals surface area contributed by atoms with Gasteiger partial charge in [0.05, 0.1) is 13.2 Å². The van der Waals surface area contributed by atoms with Gasteiger partial charge in [0, 0.05) is 26.7 Å². The van der Waals surface area contributed by atoms with Crippen LogP contribution in [0.4, 0.5) is 0 Å². The number of carbonyl (C=O) groups is 1. The van der Waals surface area contributed by atoms with Crippen LogP contribution in [0.2, 0.25) is 0 Å². The smallest absolute Gasteiger partial charge is 0.236 e. The first-order valence-corrected chi connectivity index (χ1v) is 6.85. The van der Waals surface area contributed by atoms with Crippen LogP contribution in [0.5, 0.6) is 0 Å². The molecule has 2 rings (SSSR count). The molecule has 19 heavy (non-hydrogen) atoms. The molecule has 1 saturated heterocycles. The zero-order valence-electron chi connectivity index (χ0n) is 11.5. The van der Waals surface area contributed by atoms with E-state index in [1.165, 1.54) is 11.1 Å². The number of ether oxygens (including phenoxy) is 1. The second-order valence-electron chi connectivity index (χ2n) is 4.94. The number of amides is 1. The first-order chi connectivity index (χ1) is 9.29. The molecule has 4 heteroatoms. The minimum atomic E-state index is 0.216. The molecule has 0 unspecified atom stereocenters. The third kappa shape index (κ3) is 4.33. The molecule has 0 atom stereocenters. The Kier molecular flexibility index (Phi) is 5.36. The highest BCUT2D eigenvalue weighted by Gasteiger charge is 2.16. The Morgan fingerprint density at radius 2 is 1.84 bits per heavy atom. The van der Waals surface area contributed by atoms with Gasteiger partial charge in [-0.2, -0.15) is 0 Å². The number of likely N-dealkylation sites (tertiary alicyclic amines) is 1. The van der Waals surface area contributed by atoms with E-state index in [1.807, 2.05) is 4.90 Å². The third-order valence-electron chi connectivity index (χ3n) is 3.40. The summed E-state index contributed by atoms with van der Waals surface area (Å²) in [4.78, 5) is 13.8. The van der Waals surface area contributed by atoms with Crippen LogP contribution in [0.15, 0.2) is 24.3 Å². The van der Waals surface area contributed by atoms with Crippen molar-refractivity contribution in [3.8, 4) is 0 Å². The fraction of sp³-hybridized carbons (Fsp3) is 0.533. The summed E-state index contributed by atoms with van der Waals surface area (Å²) in [6.45, 7) is 3.65. The second kappa shape index (κ2) is 7.26. The molecule has 104 valence electrons. The summed E-state index contributed by atoms with van der Waals surface area (Å²) in [6.07, 6.45) is 2.29. The molecule has 1 heterocycles. The van der Waals surface area contributed by atoms with Crippen molar-refractivity contribution >= 4 is 5.91 Å². The second-order valence-corrected chi connectivity index (χ2v) is 4.94. The molecular weight excluding hydrogens is 240 g/mol. The molecule has 1 aromatic rings. The van der Waals surface area contributed by atoms with Crippen molar-refractivity contribution in [2.75, 3.05) is 26.7 Å². The standard InChI is InChI=1S/C15H22N2O2/c1-19-12-14-6-4-13(5-7-14)10-16-11-15(18)17-8-2-3-9-17/h4-7,16H,2-3,8-12H2,1H3. The Morgan fingerprint density at radius 1 is 1.21 bits per heavy atom. The van der Waals surface area contributed by atoms with Crippen LogP contribution in [0.1, 0.15) is 24.0 Å². The lowest BCUT2D eigenvalue weighted by molar-refractivity contribution is -0.129. The molecular formula is C15H22N2O2. The maximum absolute atomic E-state index is 11.8. The summed E-state index contributed by atoms with van der Waals surface area (Å²) in [6, 6.07) is 8.26. The number of hydrogen-bond donors (Lipinski definition) is 1. The molecule has 1 N–H and O–H groups in total. The van der Waals surface area contributed by atoms with Gasteiger partial charge in [0.15, 0.2) is 0 Å². The predicted molar refractivity (Wildman–Crippen MR) is 74.7 cm³/mol. The highest BCUT2D eigenvalue weighted by molar-refractivity contribution is 5.78. The maximum atomic E-state index is 11.8. The fourth-order valence-electron chi connectivity index (χ4n) is 2.31. The van der Waals surface area contributed by atoms with E-state index in [1.54, 1.807) is 7.11 Å². The van der Waals surface area contributed by atoms with E-state index < -0.39 is 0 Å². The molecule has 1 fully saturated rings. The minimum absolute atomic E-state index is 0.216. The van der Waals surface area contributed by atoms with Crippen LogP contribution in [0, 0.1) is 0 Å². The Morgan fingerprint density at radius 3 is 2.47 bits per heavy atom. The lowest BCUT2D eigenvalue weighted by Crippen LogP contribution is -2.35. The summed E-state index contributed by atoms with van der Waals surface area (Å²) < 4.78 is 5.07. The van der Waals surface area contributed by atoms with E-state index in [0.29, 0.717) is 13.2 Å². The SMILES string of the molecule is COCc1ccc(CNCC(=O)N2CCCC2)cc1. The monoisotopic (exact) mass is 262 g/mol. The molecule has 1 aliphatic rings. The number of hydrogen-bond acceptors (Lipinski definition) is 3. The van der Waals surface area contributed by atoms with Crippen LogP contribution in [-0.2, 0) is 22.7 Å². The van der Waals surface area contributed by atoms with Crippen molar-refractivity contribution in [2.24, 2.45) is 0 Å². The average Bonchev–Trinajstić information content (AvgIpc) is 2.95. The topological polar surface area (TPSA) is 41.6 Å². The minimum Gasteiger partial charge on any atom is -0.380 e. The van der Waals surface area contributed by atoms with Gasteiger partial charge < -0.3 is 15.0 Å². The van der Waals surface area contributed by atoms with E-state index >= 15 is 0 Å². The van der Waals surface area contributed by atoms with Crippen molar-refractivity contribution in [2.45, 2.75) is 26.0 Å². The van der Waals surface area contributed by atoms with Crippen LogP contribution >= 0.6 is 0 Å². The highest BCUT2D eigenvalue weighted by atomic mass is 16.5. The summed E-state index contributed by atoms with van der Waals surface area (Å²) in [5.74, 6) is 0.216. The van der Waals surface area contributed by atoms with Crippen molar-refractivity contribution in [1.82, 2.24) is 10.2 Å². The van der Waals surface area contributed by atoms with Gasteiger partial charge in [-0.1, -0.05) is 24.3 Å². The summed E-state index contributed by atoms with van der Waals surface area (Å²) in [5.41, 5.74) is 2.36. The molecule has 1 aliphatic heterocycles. The Balaban J connectivity index is 1.71. The summed E-state index contributed by atoms with van der Waals surface area (Å²) in [5, 5.41) is 3.21. The van der Waals surface area contributed by atoms with E-state index in [4.69, 9.17) is 4.74 Å². The maximum Gasteiger partial charge on any atom is 0.236 e. The Bertz CT molecular complexity index is 397. The number of carbonyl (C=O) groups excluding carboxylic acids is 1. The quantitative estimate of drug-likeness (QED) is 0.845.